The SMILES string of the molecule is O=C(O)NCc1cccc(-c2cccc([C@@H]3CN(S(=O)(=O)c4ccccc4)CC[C@H]3c3ccccc3)c2)c1. The Bertz CT molecular complexity index is 1510. The molecule has 0 aliphatic carbocycles. The quantitative estimate of drug-likeness (QED) is 0.305. The van der Waals surface area contributed by atoms with Crippen LogP contribution in [-0.2, 0) is 16.6 Å². The molecule has 4 aromatic carbocycles. The van der Waals surface area contributed by atoms with Crippen LogP contribution in [0.5, 0.6) is 0 Å². The highest BCUT2D eigenvalue weighted by Gasteiger charge is 2.37. The van der Waals surface area contributed by atoms with Gasteiger partial charge in [-0.2, -0.15) is 4.31 Å². The molecule has 38 heavy (non-hydrogen) atoms. The van der Waals surface area contributed by atoms with Crippen LogP contribution in [-0.4, -0.2) is 37.0 Å². The summed E-state index contributed by atoms with van der Waals surface area (Å²) >= 11 is 0. The molecule has 2 atom stereocenters. The number of amides is 1. The zero-order valence-corrected chi connectivity index (χ0v) is 21.7. The van der Waals surface area contributed by atoms with Crippen molar-refractivity contribution in [2.45, 2.75) is 29.7 Å². The maximum atomic E-state index is 13.5. The lowest BCUT2D eigenvalue weighted by Gasteiger charge is -2.38. The molecule has 194 valence electrons. The number of sulfonamides is 1. The van der Waals surface area contributed by atoms with E-state index in [0.717, 1.165) is 28.7 Å². The highest BCUT2D eigenvalue weighted by molar-refractivity contribution is 7.89. The molecule has 1 aliphatic rings. The van der Waals surface area contributed by atoms with Crippen LogP contribution in [0.1, 0.15) is 34.9 Å². The van der Waals surface area contributed by atoms with Crippen LogP contribution < -0.4 is 5.32 Å². The summed E-state index contributed by atoms with van der Waals surface area (Å²) in [6, 6.07) is 35.0. The molecule has 1 aliphatic heterocycles. The molecule has 0 bridgehead atoms. The molecule has 0 saturated carbocycles. The number of carbonyl (C=O) groups is 1. The minimum atomic E-state index is -3.61. The monoisotopic (exact) mass is 526 g/mol. The Morgan fingerprint density at radius 3 is 2.13 bits per heavy atom. The molecule has 4 aromatic rings. The number of rotatable bonds is 7. The van der Waals surface area contributed by atoms with Crippen molar-refractivity contribution in [2.24, 2.45) is 0 Å². The van der Waals surface area contributed by atoms with Gasteiger partial charge in [0, 0.05) is 25.6 Å². The van der Waals surface area contributed by atoms with Crippen LogP contribution in [0.25, 0.3) is 11.1 Å². The molecule has 2 N–H and O–H groups in total. The Kier molecular flexibility index (Phi) is 7.58. The molecule has 5 rings (SSSR count). The van der Waals surface area contributed by atoms with Gasteiger partial charge in [0.1, 0.15) is 0 Å². The van der Waals surface area contributed by atoms with Gasteiger partial charge in [-0.05, 0) is 58.4 Å². The maximum absolute atomic E-state index is 13.5. The van der Waals surface area contributed by atoms with E-state index in [2.05, 4.69) is 29.6 Å². The molecule has 1 amide bonds. The van der Waals surface area contributed by atoms with Crippen molar-refractivity contribution in [3.05, 3.63) is 126 Å². The number of hydrogen-bond acceptors (Lipinski definition) is 3. The van der Waals surface area contributed by atoms with E-state index in [1.54, 1.807) is 28.6 Å². The summed E-state index contributed by atoms with van der Waals surface area (Å²) in [6.45, 7) is 1.09. The van der Waals surface area contributed by atoms with Crippen molar-refractivity contribution in [2.75, 3.05) is 13.1 Å². The Morgan fingerprint density at radius 1 is 0.789 bits per heavy atom. The van der Waals surface area contributed by atoms with Gasteiger partial charge in [0.25, 0.3) is 0 Å². The molecule has 0 aromatic heterocycles. The van der Waals surface area contributed by atoms with Crippen LogP contribution in [0, 0.1) is 0 Å². The molecule has 1 fully saturated rings. The zero-order valence-electron chi connectivity index (χ0n) is 20.9. The molecular formula is C31H30N2O4S. The average molecular weight is 527 g/mol. The molecule has 1 saturated heterocycles. The topological polar surface area (TPSA) is 86.7 Å². The van der Waals surface area contributed by atoms with Gasteiger partial charge in [-0.1, -0.05) is 91.0 Å². The Labute approximate surface area is 223 Å². The third-order valence-electron chi connectivity index (χ3n) is 7.20. The third-order valence-corrected chi connectivity index (χ3v) is 9.08. The Hall–Kier alpha value is -3.94. The van der Waals surface area contributed by atoms with Crippen LogP contribution >= 0.6 is 0 Å². The van der Waals surface area contributed by atoms with Crippen molar-refractivity contribution >= 4 is 16.1 Å². The second-order valence-electron chi connectivity index (χ2n) is 9.57. The van der Waals surface area contributed by atoms with E-state index in [4.69, 9.17) is 5.11 Å². The predicted octanol–water partition coefficient (Wildman–Crippen LogP) is 6.08. The number of hydrogen-bond donors (Lipinski definition) is 2. The van der Waals surface area contributed by atoms with Gasteiger partial charge in [0.15, 0.2) is 0 Å². The number of nitrogens with one attached hydrogen (secondary N) is 1. The summed E-state index contributed by atoms with van der Waals surface area (Å²) in [7, 11) is -3.61. The first-order chi connectivity index (χ1) is 18.4. The van der Waals surface area contributed by atoms with Gasteiger partial charge in [-0.15, -0.1) is 0 Å². The highest BCUT2D eigenvalue weighted by Crippen LogP contribution is 2.42. The van der Waals surface area contributed by atoms with E-state index in [1.807, 2.05) is 60.7 Å². The first-order valence-corrected chi connectivity index (χ1v) is 14.1. The minimum Gasteiger partial charge on any atom is -0.465 e. The van der Waals surface area contributed by atoms with Gasteiger partial charge >= 0.3 is 6.09 Å². The van der Waals surface area contributed by atoms with Gasteiger partial charge in [-0.3, -0.25) is 0 Å². The lowest BCUT2D eigenvalue weighted by atomic mass is 9.77. The molecule has 7 heteroatoms. The van der Waals surface area contributed by atoms with Gasteiger partial charge in [-0.25, -0.2) is 13.2 Å². The number of carboxylic acid groups (broad SMARTS) is 1. The van der Waals surface area contributed by atoms with Gasteiger partial charge in [0.05, 0.1) is 4.90 Å². The molecule has 1 heterocycles. The first-order valence-electron chi connectivity index (χ1n) is 12.7. The minimum absolute atomic E-state index is 0.0264. The summed E-state index contributed by atoms with van der Waals surface area (Å²) in [5, 5.41) is 11.4. The molecule has 0 radical (unpaired) electrons. The van der Waals surface area contributed by atoms with Crippen LogP contribution in [0.3, 0.4) is 0 Å². The summed E-state index contributed by atoms with van der Waals surface area (Å²) in [5.74, 6) is 0.154. The van der Waals surface area contributed by atoms with Gasteiger partial charge < -0.3 is 10.4 Å². The zero-order chi connectivity index (χ0) is 26.5. The van der Waals surface area contributed by atoms with Crippen LogP contribution in [0.2, 0.25) is 0 Å². The van der Waals surface area contributed by atoms with Crippen LogP contribution in [0.15, 0.2) is 114 Å². The highest BCUT2D eigenvalue weighted by atomic mass is 32.2. The van der Waals surface area contributed by atoms with Crippen molar-refractivity contribution in [3.63, 3.8) is 0 Å². The molecular weight excluding hydrogens is 496 g/mol. The van der Waals surface area contributed by atoms with Crippen LogP contribution in [0.4, 0.5) is 4.79 Å². The van der Waals surface area contributed by atoms with E-state index in [1.165, 1.54) is 5.56 Å². The van der Waals surface area contributed by atoms with E-state index >= 15 is 0 Å². The number of nitrogens with zero attached hydrogens (tertiary/aromatic N) is 1. The summed E-state index contributed by atoms with van der Waals surface area (Å²) in [5.41, 5.74) is 5.15. The maximum Gasteiger partial charge on any atom is 0.404 e. The Balaban J connectivity index is 1.49. The first kappa shape index (κ1) is 25.7. The predicted molar refractivity (Wildman–Crippen MR) is 148 cm³/mol. The molecule has 0 unspecified atom stereocenters. The average Bonchev–Trinajstić information content (AvgIpc) is 2.97. The lowest BCUT2D eigenvalue weighted by molar-refractivity contribution is 0.194. The number of piperidine rings is 1. The van der Waals surface area contributed by atoms with E-state index in [9.17, 15) is 13.2 Å². The van der Waals surface area contributed by atoms with Crippen molar-refractivity contribution in [1.29, 1.82) is 0 Å². The van der Waals surface area contributed by atoms with Crippen molar-refractivity contribution < 1.29 is 18.3 Å². The lowest BCUT2D eigenvalue weighted by Crippen LogP contribution is -2.42. The number of benzene rings is 4. The second-order valence-corrected chi connectivity index (χ2v) is 11.5. The van der Waals surface area contributed by atoms with E-state index in [0.29, 0.717) is 18.0 Å². The standard InChI is InChI=1S/C31H30N2O4S/c34-31(35)32-21-23-9-7-12-25(19-23)26-13-8-14-27(20-26)30-22-33(38(36,37)28-15-5-2-6-16-28)18-17-29(30)24-10-3-1-4-11-24/h1-16,19-20,29-30,32H,17-18,21-22H2,(H,34,35)/t29-,30-/m0/s1. The molecule has 0 spiro atoms. The second kappa shape index (κ2) is 11.2. The smallest absolute Gasteiger partial charge is 0.404 e. The van der Waals surface area contributed by atoms with E-state index in [-0.39, 0.29) is 18.4 Å². The Morgan fingerprint density at radius 2 is 1.42 bits per heavy atom. The largest absolute Gasteiger partial charge is 0.465 e. The van der Waals surface area contributed by atoms with Crippen molar-refractivity contribution in [3.8, 4) is 11.1 Å². The van der Waals surface area contributed by atoms with Gasteiger partial charge in [0.2, 0.25) is 10.0 Å². The normalized spacial score (nSPS) is 18.1. The fourth-order valence-electron chi connectivity index (χ4n) is 5.31. The molecule has 6 nitrogen and oxygen atoms in total. The third kappa shape index (κ3) is 5.64. The fourth-order valence-corrected chi connectivity index (χ4v) is 6.81. The summed E-state index contributed by atoms with van der Waals surface area (Å²) in [4.78, 5) is 11.2. The summed E-state index contributed by atoms with van der Waals surface area (Å²) in [6.07, 6.45) is -0.335. The van der Waals surface area contributed by atoms with Crippen molar-refractivity contribution in [1.82, 2.24) is 9.62 Å². The fraction of sp³-hybridized carbons (Fsp3) is 0.194. The van der Waals surface area contributed by atoms with E-state index < -0.39 is 16.1 Å². The summed E-state index contributed by atoms with van der Waals surface area (Å²) < 4.78 is 28.7.